The summed E-state index contributed by atoms with van der Waals surface area (Å²) in [5.74, 6) is 0. The molecule has 0 saturated carbocycles. The van der Waals surface area contributed by atoms with Gasteiger partial charge in [-0.15, -0.1) is 0 Å². The molecule has 0 aliphatic carbocycles. The van der Waals surface area contributed by atoms with Crippen molar-refractivity contribution < 1.29 is 26.6 Å². The largest absolute Gasteiger partial charge is 0.394 e. The van der Waals surface area contributed by atoms with E-state index in [0.717, 1.165) is 21.1 Å². The van der Waals surface area contributed by atoms with Crippen molar-refractivity contribution >= 4 is 41.2 Å². The lowest BCUT2D eigenvalue weighted by Crippen LogP contribution is -2.64. The van der Waals surface area contributed by atoms with E-state index < -0.39 is 31.1 Å². The van der Waals surface area contributed by atoms with Crippen LogP contribution in [0.2, 0.25) is 18.1 Å². The molecular formula is C34H44O6Si3. The molecule has 4 rings (SSSR count). The van der Waals surface area contributed by atoms with Crippen molar-refractivity contribution in [3.8, 4) is 0 Å². The fourth-order valence-corrected chi connectivity index (χ4v) is 16.7. The van der Waals surface area contributed by atoms with Crippen molar-refractivity contribution in [1.82, 2.24) is 0 Å². The average molecular weight is 633 g/mol. The van der Waals surface area contributed by atoms with Crippen LogP contribution in [0.15, 0.2) is 121 Å². The van der Waals surface area contributed by atoms with E-state index in [0.29, 0.717) is 18.1 Å². The third-order valence-corrected chi connectivity index (χ3v) is 19.7. The minimum atomic E-state index is -3.07. The summed E-state index contributed by atoms with van der Waals surface area (Å²) < 4.78 is 39.1. The van der Waals surface area contributed by atoms with E-state index in [2.05, 4.69) is 60.7 Å². The topological polar surface area (TPSA) is 55.4 Å². The molecule has 0 heterocycles. The molecule has 9 heteroatoms. The Balaban J connectivity index is 2.05. The van der Waals surface area contributed by atoms with E-state index in [1.807, 2.05) is 60.7 Å². The standard InChI is InChI=1S/C34H44O6Si3/c1-35-41(36-2,31-21-13-8-14-22-31)27-34(30-19-11-7-12-20-30,28-42(37-3,38-4)32-23-15-9-16-24-32)29-43(39-5,40-6)33-25-17-10-18-26-33/h7-26H,27-29H2,1-6H3. The number of benzene rings is 4. The molecule has 43 heavy (non-hydrogen) atoms. The van der Waals surface area contributed by atoms with E-state index >= 15 is 0 Å². The van der Waals surface area contributed by atoms with Crippen LogP contribution in [0.25, 0.3) is 0 Å². The van der Waals surface area contributed by atoms with Gasteiger partial charge in [0.25, 0.3) is 0 Å². The fraction of sp³-hybridized carbons (Fsp3) is 0.294. The van der Waals surface area contributed by atoms with Gasteiger partial charge < -0.3 is 26.6 Å². The maximum Gasteiger partial charge on any atom is 0.372 e. The molecule has 6 nitrogen and oxygen atoms in total. The highest BCUT2D eigenvalue weighted by Gasteiger charge is 2.58. The lowest BCUT2D eigenvalue weighted by molar-refractivity contribution is 0.219. The maximum atomic E-state index is 6.51. The van der Waals surface area contributed by atoms with Crippen molar-refractivity contribution in [2.75, 3.05) is 42.7 Å². The Hall–Kier alpha value is -2.71. The normalized spacial score (nSPS) is 12.8. The lowest BCUT2D eigenvalue weighted by atomic mass is 9.86. The molecule has 0 radical (unpaired) electrons. The van der Waals surface area contributed by atoms with E-state index in [-0.39, 0.29) is 0 Å². The Morgan fingerprint density at radius 1 is 0.372 bits per heavy atom. The summed E-state index contributed by atoms with van der Waals surface area (Å²) in [4.78, 5) is 0. The monoisotopic (exact) mass is 632 g/mol. The van der Waals surface area contributed by atoms with Crippen molar-refractivity contribution in [3.05, 3.63) is 127 Å². The summed E-state index contributed by atoms with van der Waals surface area (Å²) in [7, 11) is 1.39. The summed E-state index contributed by atoms with van der Waals surface area (Å²) in [5.41, 5.74) is 0.540. The first kappa shape index (κ1) is 33.2. The SMILES string of the molecule is CO[Si](CC(C[Si](OC)(OC)c1ccccc1)(C[Si](OC)(OC)c1ccccc1)c1ccccc1)(OC)c1ccccc1. The zero-order valence-electron chi connectivity index (χ0n) is 26.1. The molecule has 0 amide bonds. The second-order valence-corrected chi connectivity index (χ2v) is 20.5. The Morgan fingerprint density at radius 2 is 0.605 bits per heavy atom. The summed E-state index contributed by atoms with van der Waals surface area (Å²) in [6.45, 7) is 0. The van der Waals surface area contributed by atoms with E-state index in [9.17, 15) is 0 Å². The third kappa shape index (κ3) is 6.85. The van der Waals surface area contributed by atoms with Crippen molar-refractivity contribution in [1.29, 1.82) is 0 Å². The van der Waals surface area contributed by atoms with Gasteiger partial charge in [0, 0.05) is 66.2 Å². The smallest absolute Gasteiger partial charge is 0.372 e. The van der Waals surface area contributed by atoms with Crippen LogP contribution in [-0.2, 0) is 32.0 Å². The van der Waals surface area contributed by atoms with Crippen molar-refractivity contribution in [2.45, 2.75) is 23.5 Å². The summed E-state index contributed by atoms with van der Waals surface area (Å²) in [6, 6.07) is 43.3. The van der Waals surface area contributed by atoms with Crippen LogP contribution >= 0.6 is 0 Å². The third-order valence-electron chi connectivity index (χ3n) is 8.72. The van der Waals surface area contributed by atoms with Crippen LogP contribution in [-0.4, -0.2) is 68.3 Å². The van der Waals surface area contributed by atoms with Crippen molar-refractivity contribution in [3.63, 3.8) is 0 Å². The molecule has 0 bridgehead atoms. The van der Waals surface area contributed by atoms with E-state index in [1.165, 1.54) is 0 Å². The fourth-order valence-electron chi connectivity index (χ4n) is 6.39. The first-order chi connectivity index (χ1) is 20.9. The molecule has 0 spiro atoms. The van der Waals surface area contributed by atoms with Gasteiger partial charge >= 0.3 is 25.7 Å². The van der Waals surface area contributed by atoms with Gasteiger partial charge in [-0.3, -0.25) is 0 Å². The Morgan fingerprint density at radius 3 is 0.837 bits per heavy atom. The van der Waals surface area contributed by atoms with Crippen LogP contribution in [0, 0.1) is 0 Å². The molecule has 0 unspecified atom stereocenters. The summed E-state index contributed by atoms with van der Waals surface area (Å²) in [6.07, 6.45) is 0. The Labute approximate surface area is 260 Å². The summed E-state index contributed by atoms with van der Waals surface area (Å²) >= 11 is 0. The second kappa shape index (κ2) is 14.8. The lowest BCUT2D eigenvalue weighted by Gasteiger charge is -2.47. The Kier molecular flexibility index (Phi) is 11.5. The van der Waals surface area contributed by atoms with Gasteiger partial charge in [0.2, 0.25) is 0 Å². The molecule has 4 aromatic carbocycles. The molecule has 0 N–H and O–H groups in total. The van der Waals surface area contributed by atoms with Gasteiger partial charge in [0.05, 0.1) is 0 Å². The Bertz CT molecular complexity index is 1230. The second-order valence-electron chi connectivity index (χ2n) is 10.8. The van der Waals surface area contributed by atoms with Gasteiger partial charge in [-0.25, -0.2) is 0 Å². The molecule has 0 fully saturated rings. The van der Waals surface area contributed by atoms with Crippen LogP contribution < -0.4 is 15.6 Å². The summed E-state index contributed by atoms with van der Waals surface area (Å²) in [5, 5.41) is 3.18. The number of hydrogen-bond donors (Lipinski definition) is 0. The zero-order valence-corrected chi connectivity index (χ0v) is 29.1. The average Bonchev–Trinajstić information content (AvgIpc) is 3.10. The van der Waals surface area contributed by atoms with E-state index in [4.69, 9.17) is 26.6 Å². The van der Waals surface area contributed by atoms with Gasteiger partial charge in [-0.2, -0.15) is 0 Å². The van der Waals surface area contributed by atoms with Crippen LogP contribution in [0.3, 0.4) is 0 Å². The highest BCUT2D eigenvalue weighted by molar-refractivity contribution is 6.84. The van der Waals surface area contributed by atoms with Gasteiger partial charge in [0.1, 0.15) is 0 Å². The number of hydrogen-bond acceptors (Lipinski definition) is 6. The first-order valence-corrected chi connectivity index (χ1v) is 20.5. The van der Waals surface area contributed by atoms with Crippen LogP contribution in [0.5, 0.6) is 0 Å². The minimum Gasteiger partial charge on any atom is -0.394 e. The highest BCUT2D eigenvalue weighted by atomic mass is 28.4. The number of rotatable bonds is 16. The van der Waals surface area contributed by atoms with Gasteiger partial charge in [-0.1, -0.05) is 121 Å². The first-order valence-electron chi connectivity index (χ1n) is 14.4. The van der Waals surface area contributed by atoms with Gasteiger partial charge in [0.15, 0.2) is 0 Å². The molecule has 0 saturated heterocycles. The molecular weight excluding hydrogens is 589 g/mol. The molecule has 4 aromatic rings. The maximum absolute atomic E-state index is 6.51. The predicted octanol–water partition coefficient (Wildman–Crippen LogP) is 4.85. The van der Waals surface area contributed by atoms with Crippen molar-refractivity contribution in [2.24, 2.45) is 0 Å². The molecule has 0 aliphatic heterocycles. The van der Waals surface area contributed by atoms with Crippen LogP contribution in [0.4, 0.5) is 0 Å². The predicted molar refractivity (Wildman–Crippen MR) is 180 cm³/mol. The molecule has 0 aromatic heterocycles. The molecule has 0 aliphatic rings. The molecule has 228 valence electrons. The minimum absolute atomic E-state index is 0.587. The van der Waals surface area contributed by atoms with Gasteiger partial charge in [-0.05, 0) is 21.1 Å². The zero-order chi connectivity index (χ0) is 30.8. The van der Waals surface area contributed by atoms with E-state index in [1.54, 1.807) is 42.7 Å². The molecule has 0 atom stereocenters. The quantitative estimate of drug-likeness (QED) is 0.165. The van der Waals surface area contributed by atoms with Crippen LogP contribution in [0.1, 0.15) is 5.56 Å². The highest BCUT2D eigenvalue weighted by Crippen LogP contribution is 2.47.